The van der Waals surface area contributed by atoms with Crippen molar-refractivity contribution >= 4 is 51.8 Å². The van der Waals surface area contributed by atoms with Crippen LogP contribution in [0.25, 0.3) is 10.8 Å². The zero-order chi connectivity index (χ0) is 35.1. The van der Waals surface area contributed by atoms with Crippen molar-refractivity contribution in [3.63, 3.8) is 0 Å². The number of hydrogen-bond acceptors (Lipinski definition) is 11. The second-order valence-corrected chi connectivity index (χ2v) is 19.5. The minimum absolute atomic E-state index is 0.125. The molecule has 15 nitrogen and oxygen atoms in total. The summed E-state index contributed by atoms with van der Waals surface area (Å²) in [6.45, 7) is -0.277. The van der Waals surface area contributed by atoms with Crippen molar-refractivity contribution < 1.29 is 60.5 Å². The first-order valence-corrected chi connectivity index (χ1v) is 22.5. The van der Waals surface area contributed by atoms with Crippen LogP contribution in [0.4, 0.5) is 4.79 Å². The molecule has 274 valence electrons. The van der Waals surface area contributed by atoms with Gasteiger partial charge in [-0.1, -0.05) is 61.7 Å². The molecule has 2 aromatic rings. The van der Waals surface area contributed by atoms with E-state index in [2.05, 4.69) is 13.9 Å². The van der Waals surface area contributed by atoms with E-state index in [0.29, 0.717) is 23.4 Å². The highest BCUT2D eigenvalue weighted by atomic mass is 32.2. The first kappa shape index (κ1) is 36.7. The molecule has 4 fully saturated rings. The second-order valence-electron chi connectivity index (χ2n) is 13.3. The smallest absolute Gasteiger partial charge is 0.346 e. The van der Waals surface area contributed by atoms with Crippen LogP contribution in [0.1, 0.15) is 50.5 Å². The van der Waals surface area contributed by atoms with E-state index in [1.54, 1.807) is 60.4 Å². The Labute approximate surface area is 293 Å². The van der Waals surface area contributed by atoms with Crippen molar-refractivity contribution in [2.45, 2.75) is 81.9 Å². The molecule has 19 heteroatoms. The Morgan fingerprint density at radius 1 is 0.880 bits per heavy atom. The third-order valence-electron chi connectivity index (χ3n) is 9.40. The zero-order valence-corrected chi connectivity index (χ0v) is 30.6. The molecule has 0 bridgehead atoms. The Bertz CT molecular complexity index is 1750. The minimum atomic E-state index is -5.62. The number of benzene rings is 2. The van der Waals surface area contributed by atoms with Crippen LogP contribution in [0.3, 0.4) is 0 Å². The number of phosphoric acid groups is 2. The number of urea groups is 1. The summed E-state index contributed by atoms with van der Waals surface area (Å²) in [5.74, 6) is 1.75. The van der Waals surface area contributed by atoms with Gasteiger partial charge in [0.15, 0.2) is 12.5 Å². The number of phosphoric ester groups is 1. The van der Waals surface area contributed by atoms with E-state index in [1.165, 1.54) is 17.7 Å². The quantitative estimate of drug-likeness (QED) is 0.158. The fraction of sp³-hybridized carbons (Fsp3) is 0.581. The number of nitrogens with one attached hydrogen (secondary N) is 1. The number of hydrogen-bond donors (Lipinski definition) is 4. The summed E-state index contributed by atoms with van der Waals surface area (Å²) in [6.07, 6.45) is 4.30. The Morgan fingerprint density at radius 2 is 1.62 bits per heavy atom. The number of amides is 2. The standard InChI is InChI=1S/C31H41N2O13P3S/c34-31-32-15-24(50-19-20-13-14-20)16-33(31)29-28-27(43-30(44-28)22-8-2-1-3-9-22)26(42-29)17-41-48(37,38)46-49(39,40)45-47(35,36)18-23-11-6-10-21-7-4-5-12-25(21)23/h4-7,10-12,16,20,22,26-30H,1-3,8-9,13-15,17-19H2,(H,32,34)(H,35,36)(H,37,38)(H,39,40)/t26-,27+,28+,29-,30?/m1/s1. The van der Waals surface area contributed by atoms with Gasteiger partial charge in [-0.3, -0.25) is 14.0 Å². The largest absolute Gasteiger partial charge is 0.488 e. The number of fused-ring (bicyclic) bond motifs is 2. The van der Waals surface area contributed by atoms with Crippen molar-refractivity contribution in [1.29, 1.82) is 0 Å². The number of carbonyl (C=O) groups is 1. The van der Waals surface area contributed by atoms with Crippen LogP contribution >= 0.6 is 35.0 Å². The summed E-state index contributed by atoms with van der Waals surface area (Å²) in [5.41, 5.74) is 0.357. The third-order valence-corrected chi connectivity index (χ3v) is 15.4. The molecule has 0 radical (unpaired) electrons. The molecular formula is C31H41N2O13P3S. The van der Waals surface area contributed by atoms with Gasteiger partial charge in [0.2, 0.25) is 0 Å². The molecule has 2 saturated carbocycles. The lowest BCUT2D eigenvalue weighted by Crippen LogP contribution is -2.51. The highest BCUT2D eigenvalue weighted by Gasteiger charge is 2.57. The van der Waals surface area contributed by atoms with Crippen LogP contribution in [0.5, 0.6) is 0 Å². The first-order chi connectivity index (χ1) is 23.8. The van der Waals surface area contributed by atoms with Gasteiger partial charge in [0.05, 0.1) is 19.3 Å². The first-order valence-electron chi connectivity index (χ1n) is 16.7. The number of nitrogens with zero attached hydrogens (tertiary/aromatic N) is 1. The summed E-state index contributed by atoms with van der Waals surface area (Å²) >= 11 is 1.67. The molecular weight excluding hydrogens is 733 g/mol. The molecule has 2 saturated heterocycles. The van der Waals surface area contributed by atoms with Gasteiger partial charge < -0.3 is 34.2 Å². The molecule has 2 aromatic carbocycles. The normalized spacial score (nSPS) is 31.0. The van der Waals surface area contributed by atoms with E-state index in [-0.39, 0.29) is 5.92 Å². The molecule has 0 aromatic heterocycles. The van der Waals surface area contributed by atoms with Gasteiger partial charge in [-0.15, -0.1) is 11.8 Å². The van der Waals surface area contributed by atoms with Gasteiger partial charge in [-0.05, 0) is 47.9 Å². The topological polar surface area (TPSA) is 200 Å². The maximum absolute atomic E-state index is 13.1. The van der Waals surface area contributed by atoms with Crippen LogP contribution in [-0.4, -0.2) is 75.3 Å². The van der Waals surface area contributed by atoms with E-state index in [0.717, 1.165) is 48.1 Å². The number of rotatable bonds is 14. The number of carbonyl (C=O) groups excluding carboxylic acids is 1. The molecule has 2 aliphatic carbocycles. The lowest BCUT2D eigenvalue weighted by Gasteiger charge is -2.33. The van der Waals surface area contributed by atoms with Gasteiger partial charge in [-0.25, -0.2) is 18.2 Å². The Balaban J connectivity index is 1.02. The lowest BCUT2D eigenvalue weighted by molar-refractivity contribution is -0.175. The molecule has 8 atom stereocenters. The average Bonchev–Trinajstić information content (AvgIpc) is 3.70. The maximum atomic E-state index is 13.1. The van der Waals surface area contributed by atoms with Crippen molar-refractivity contribution in [1.82, 2.24) is 10.2 Å². The average molecular weight is 775 g/mol. The predicted octanol–water partition coefficient (Wildman–Crippen LogP) is 6.20. The highest BCUT2D eigenvalue weighted by Crippen LogP contribution is 2.68. The monoisotopic (exact) mass is 774 g/mol. The molecule has 2 amide bonds. The lowest BCUT2D eigenvalue weighted by atomic mass is 9.89. The second kappa shape index (κ2) is 15.0. The van der Waals surface area contributed by atoms with E-state index < -0.39 is 72.9 Å². The van der Waals surface area contributed by atoms with E-state index in [9.17, 15) is 33.2 Å². The van der Waals surface area contributed by atoms with E-state index >= 15 is 0 Å². The molecule has 3 heterocycles. The van der Waals surface area contributed by atoms with Crippen molar-refractivity contribution in [2.75, 3.05) is 18.9 Å². The van der Waals surface area contributed by atoms with Crippen LogP contribution < -0.4 is 5.32 Å². The van der Waals surface area contributed by atoms with Crippen LogP contribution in [0.15, 0.2) is 53.6 Å². The Hall–Kier alpha value is -1.61. The Kier molecular flexibility index (Phi) is 11.0. The predicted molar refractivity (Wildman–Crippen MR) is 183 cm³/mol. The number of ether oxygens (including phenoxy) is 3. The van der Waals surface area contributed by atoms with Crippen molar-refractivity contribution in [3.8, 4) is 0 Å². The van der Waals surface area contributed by atoms with Crippen LogP contribution in [-0.2, 0) is 47.2 Å². The maximum Gasteiger partial charge on any atom is 0.488 e. The molecule has 4 unspecified atom stereocenters. The molecule has 7 rings (SSSR count). The fourth-order valence-corrected chi connectivity index (χ4v) is 12.1. The molecule has 50 heavy (non-hydrogen) atoms. The van der Waals surface area contributed by atoms with Crippen LogP contribution in [0, 0.1) is 11.8 Å². The van der Waals surface area contributed by atoms with E-state index in [1.807, 2.05) is 0 Å². The van der Waals surface area contributed by atoms with Crippen molar-refractivity contribution in [2.24, 2.45) is 11.8 Å². The minimum Gasteiger partial charge on any atom is -0.346 e. The Morgan fingerprint density at radius 3 is 2.40 bits per heavy atom. The third kappa shape index (κ3) is 8.94. The van der Waals surface area contributed by atoms with Gasteiger partial charge >= 0.3 is 29.3 Å². The highest BCUT2D eigenvalue weighted by molar-refractivity contribution is 8.03. The molecule has 3 aliphatic heterocycles. The van der Waals surface area contributed by atoms with Gasteiger partial charge in [0.1, 0.15) is 18.3 Å². The fourth-order valence-electron chi connectivity index (χ4n) is 6.82. The number of thioether (sulfide) groups is 1. The van der Waals surface area contributed by atoms with Crippen LogP contribution in [0.2, 0.25) is 0 Å². The van der Waals surface area contributed by atoms with Gasteiger partial charge in [0, 0.05) is 22.8 Å². The SMILES string of the molecule is O=C1NCC(SCC2CC2)=CN1[C@@H]1O[C@H](COP(=O)(O)OP(=O)(O)OP(=O)(O)Cc2cccc3ccccc23)[C@@H]2OC(C3CCCCC3)O[C@@H]21. The summed E-state index contributed by atoms with van der Waals surface area (Å²) < 4.78 is 71.5. The summed E-state index contributed by atoms with van der Waals surface area (Å²) in [6, 6.07) is 11.6. The molecule has 0 spiro atoms. The van der Waals surface area contributed by atoms with Gasteiger partial charge in [0.25, 0.3) is 0 Å². The molecule has 5 aliphatic rings. The van der Waals surface area contributed by atoms with Gasteiger partial charge in [-0.2, -0.15) is 4.31 Å². The zero-order valence-electron chi connectivity index (χ0n) is 27.1. The van der Waals surface area contributed by atoms with E-state index in [4.69, 9.17) is 18.7 Å². The summed E-state index contributed by atoms with van der Waals surface area (Å²) in [7, 11) is -15.9. The summed E-state index contributed by atoms with van der Waals surface area (Å²) in [5, 5.41) is 4.26. The van der Waals surface area contributed by atoms with Crippen molar-refractivity contribution in [3.05, 3.63) is 59.1 Å². The molecule has 4 N–H and O–H groups in total. The summed E-state index contributed by atoms with van der Waals surface area (Å²) in [4.78, 5) is 46.6.